The van der Waals surface area contributed by atoms with E-state index in [2.05, 4.69) is 75.6 Å². The van der Waals surface area contributed by atoms with E-state index in [1.54, 1.807) is 0 Å². The van der Waals surface area contributed by atoms with Crippen LogP contribution in [0.15, 0.2) is 0 Å². The molecule has 0 atom stereocenters. The Hall–Kier alpha value is -0.460. The summed E-state index contributed by atoms with van der Waals surface area (Å²) in [5, 5.41) is 3.85. The lowest BCUT2D eigenvalue weighted by molar-refractivity contribution is -2.00. The van der Waals surface area contributed by atoms with Gasteiger partial charge in [-0.1, -0.05) is 21.3 Å². The number of nitrogens with zero attached hydrogens (tertiary/aromatic N) is 5. The first-order valence-electron chi connectivity index (χ1n) is 10.3. The van der Waals surface area contributed by atoms with Crippen molar-refractivity contribution in [2.24, 2.45) is 0 Å². The SMILES string of the molecule is C.CCN(CC)C(N(C)C)=[N+](C)C.CCNCC.CN(C)C(Cl)=[N+](C)C.Cl.[O-][Cl+3]([O-])([O-])[O-].[O-][Cl+3]([O-])([O-])[O-]. The summed E-state index contributed by atoms with van der Waals surface area (Å²) in [5.74, 6) is 1.26. The van der Waals surface area contributed by atoms with Crippen molar-refractivity contribution < 1.29 is 66.9 Å². The molecule has 0 aliphatic rings. The van der Waals surface area contributed by atoms with Gasteiger partial charge in [-0.3, -0.25) is 23.9 Å². The molecule has 0 spiro atoms. The fourth-order valence-corrected chi connectivity index (χ4v) is 2.12. The van der Waals surface area contributed by atoms with E-state index in [4.69, 9.17) is 48.9 Å². The largest absolute Gasteiger partial charge is 0.349 e. The molecule has 232 valence electrons. The molecule has 0 unspecified atom stereocenters. The maximum atomic E-state index is 8.49. The Kier molecular flexibility index (Phi) is 43.0. The highest BCUT2D eigenvalue weighted by Crippen LogP contribution is 1.93. The summed E-state index contributed by atoms with van der Waals surface area (Å²) < 4.78 is 71.9. The molecule has 0 heterocycles. The van der Waals surface area contributed by atoms with Gasteiger partial charge in [0.05, 0.1) is 69.5 Å². The minimum atomic E-state index is -4.94. The maximum Gasteiger partial charge on any atom is 0.349 e. The van der Waals surface area contributed by atoms with Gasteiger partial charge in [0.25, 0.3) is 0 Å². The average Bonchev–Trinajstić information content (AvgIpc) is 2.63. The third kappa shape index (κ3) is 61.3. The van der Waals surface area contributed by atoms with Crippen molar-refractivity contribution in [3.05, 3.63) is 0 Å². The quantitative estimate of drug-likeness (QED) is 0.133. The minimum absolute atomic E-state index is 0. The smallest absolute Gasteiger partial charge is 0.317 e. The zero-order chi connectivity index (χ0) is 29.6. The Morgan fingerprint density at radius 1 is 0.676 bits per heavy atom. The molecule has 0 aliphatic carbocycles. The lowest BCUT2D eigenvalue weighted by Crippen LogP contribution is -2.68. The Morgan fingerprint density at radius 2 is 0.946 bits per heavy atom. The highest BCUT2D eigenvalue weighted by molar-refractivity contribution is 6.62. The second-order valence-electron chi connectivity index (χ2n) is 7.03. The number of hydrogen-bond acceptors (Lipinski definition) is 9. The standard InChI is InChI=1S/C9H22N3.C5H12ClN2.C4H11N.CH4.2ClHO4.ClH/c1-7-12(8-2)9(10(3)4)11(5)6;1-7(2)5(6)8(3)4;1-3-5-4-2;;2*2-1(3,4)5;/h7-8H2,1-6H3;1-4H3;5H,3-4H2,1-2H3;1H4;2*(H,2,3,4,5);1H/q2*+1;;;;;/p-2. The minimum Gasteiger partial charge on any atom is -0.317 e. The monoisotopic (exact) mass is 630 g/mol. The van der Waals surface area contributed by atoms with E-state index in [-0.39, 0.29) is 19.8 Å². The highest BCUT2D eigenvalue weighted by atomic mass is 35.7. The van der Waals surface area contributed by atoms with Crippen molar-refractivity contribution in [1.82, 2.24) is 20.0 Å². The van der Waals surface area contributed by atoms with Gasteiger partial charge in [0, 0.05) is 11.6 Å². The van der Waals surface area contributed by atoms with Gasteiger partial charge in [-0.05, 0) is 26.9 Å². The summed E-state index contributed by atoms with van der Waals surface area (Å²) in [4.78, 5) is 6.33. The Labute approximate surface area is 239 Å². The van der Waals surface area contributed by atoms with E-state index < -0.39 is 20.5 Å². The molecule has 0 fully saturated rings. The summed E-state index contributed by atoms with van der Waals surface area (Å²) in [5.41, 5.74) is 0. The molecule has 14 nitrogen and oxygen atoms in total. The molecule has 0 aliphatic heterocycles. The van der Waals surface area contributed by atoms with Gasteiger partial charge in [-0.25, -0.2) is 37.3 Å². The van der Waals surface area contributed by atoms with Gasteiger partial charge in [0.15, 0.2) is 0 Å². The van der Waals surface area contributed by atoms with Crippen LogP contribution in [0.1, 0.15) is 35.1 Å². The van der Waals surface area contributed by atoms with Crippen LogP contribution in [0.25, 0.3) is 0 Å². The van der Waals surface area contributed by atoms with Crippen LogP contribution in [0.3, 0.4) is 0 Å². The van der Waals surface area contributed by atoms with E-state index in [1.165, 1.54) is 5.96 Å². The van der Waals surface area contributed by atoms with E-state index in [0.717, 1.165) is 31.5 Å². The molecule has 0 saturated carbocycles. The molecular formula is C19H50Cl4N6O8. The van der Waals surface area contributed by atoms with Crippen LogP contribution >= 0.6 is 24.0 Å². The summed E-state index contributed by atoms with van der Waals surface area (Å²) in [6, 6.07) is 0. The molecule has 0 saturated heterocycles. The molecule has 0 aromatic rings. The molecule has 0 aromatic carbocycles. The average molecular weight is 632 g/mol. The fourth-order valence-electron chi connectivity index (χ4n) is 2.12. The first-order chi connectivity index (χ1) is 15.5. The number of halogens is 4. The molecular weight excluding hydrogens is 582 g/mol. The molecule has 0 aromatic heterocycles. The van der Waals surface area contributed by atoms with E-state index in [9.17, 15) is 0 Å². The number of amidine groups is 1. The molecule has 0 amide bonds. The molecule has 1 N–H and O–H groups in total. The van der Waals surface area contributed by atoms with Crippen LogP contribution in [0.5, 0.6) is 0 Å². The van der Waals surface area contributed by atoms with Gasteiger partial charge in [0.1, 0.15) is 0 Å². The summed E-state index contributed by atoms with van der Waals surface area (Å²) in [6.07, 6.45) is 0. The van der Waals surface area contributed by atoms with Gasteiger partial charge in [0.2, 0.25) is 0 Å². The number of rotatable bonds is 4. The van der Waals surface area contributed by atoms with Crippen molar-refractivity contribution >= 4 is 35.3 Å². The third-order valence-corrected chi connectivity index (χ3v) is 3.76. The lowest BCUT2D eigenvalue weighted by Gasteiger charge is -2.22. The Balaban J connectivity index is -0.0000000634. The van der Waals surface area contributed by atoms with Gasteiger partial charge >= 0.3 is 11.3 Å². The summed E-state index contributed by atoms with van der Waals surface area (Å²) in [6.45, 7) is 12.9. The first-order valence-corrected chi connectivity index (χ1v) is 13.1. The second kappa shape index (κ2) is 30.1. The van der Waals surface area contributed by atoms with Gasteiger partial charge in [-0.15, -0.1) is 32.9 Å². The number of hydrogen-bond donors (Lipinski definition) is 1. The zero-order valence-electron chi connectivity index (χ0n) is 23.4. The van der Waals surface area contributed by atoms with Crippen molar-refractivity contribution in [3.63, 3.8) is 0 Å². The Bertz CT molecular complexity index is 524. The van der Waals surface area contributed by atoms with Crippen molar-refractivity contribution in [3.8, 4) is 0 Å². The second-order valence-corrected chi connectivity index (χ2v) is 8.88. The fraction of sp³-hybridized carbons (Fsp3) is 0.895. The molecule has 0 rings (SSSR count). The van der Waals surface area contributed by atoms with E-state index >= 15 is 0 Å². The van der Waals surface area contributed by atoms with Crippen molar-refractivity contribution in [2.75, 3.05) is 82.6 Å². The maximum absolute atomic E-state index is 8.49. The predicted octanol–water partition coefficient (Wildman–Crippen LogP) is -6.91. The van der Waals surface area contributed by atoms with E-state index in [0.29, 0.717) is 0 Å². The third-order valence-electron chi connectivity index (χ3n) is 3.08. The van der Waals surface area contributed by atoms with Gasteiger partial charge < -0.3 is 5.32 Å². The van der Waals surface area contributed by atoms with Gasteiger partial charge in [-0.2, -0.15) is 0 Å². The van der Waals surface area contributed by atoms with Crippen molar-refractivity contribution in [2.45, 2.75) is 35.1 Å². The van der Waals surface area contributed by atoms with Crippen LogP contribution < -0.4 is 42.6 Å². The van der Waals surface area contributed by atoms with Crippen LogP contribution in [0, 0.1) is 20.5 Å². The van der Waals surface area contributed by atoms with Crippen LogP contribution in [0.4, 0.5) is 0 Å². The summed E-state index contributed by atoms with van der Waals surface area (Å²) in [7, 11) is 6.04. The molecule has 18 heteroatoms. The lowest BCUT2D eigenvalue weighted by atomic mass is 10.5. The molecule has 37 heavy (non-hydrogen) atoms. The zero-order valence-corrected chi connectivity index (χ0v) is 26.5. The van der Waals surface area contributed by atoms with Crippen LogP contribution in [0.2, 0.25) is 0 Å². The topological polar surface area (TPSA) is 212 Å². The Morgan fingerprint density at radius 3 is 0.973 bits per heavy atom. The van der Waals surface area contributed by atoms with Crippen LogP contribution in [-0.2, 0) is 0 Å². The predicted molar refractivity (Wildman–Crippen MR) is 129 cm³/mol. The number of guanidine groups is 1. The molecule has 0 radical (unpaired) electrons. The van der Waals surface area contributed by atoms with Crippen molar-refractivity contribution in [1.29, 1.82) is 0 Å². The number of nitrogens with one attached hydrogen (secondary N) is 1. The van der Waals surface area contributed by atoms with E-state index in [1.807, 2.05) is 37.7 Å². The summed E-state index contributed by atoms with van der Waals surface area (Å²) >= 11 is 5.72. The normalized spacial score (nSPS) is 9.32. The molecule has 0 bridgehead atoms. The highest BCUT2D eigenvalue weighted by Gasteiger charge is 2.18. The van der Waals surface area contributed by atoms with Crippen LogP contribution in [-0.4, -0.2) is 118 Å². The first kappa shape index (κ1) is 52.9.